The minimum absolute atomic E-state index is 0.0921. The van der Waals surface area contributed by atoms with Gasteiger partial charge in [-0.1, -0.05) is 51.4 Å². The topological polar surface area (TPSA) is 47.9 Å². The van der Waals surface area contributed by atoms with E-state index < -0.39 is 46.6 Å². The van der Waals surface area contributed by atoms with E-state index in [-0.39, 0.29) is 59.0 Å². The van der Waals surface area contributed by atoms with Crippen molar-refractivity contribution >= 4 is 0 Å². The zero-order valence-corrected chi connectivity index (χ0v) is 31.0. The van der Waals surface area contributed by atoms with Crippen molar-refractivity contribution in [2.45, 2.75) is 103 Å². The molecule has 4 nitrogen and oxygen atoms in total. The molecule has 0 bridgehead atoms. The van der Waals surface area contributed by atoms with E-state index in [2.05, 4.69) is 0 Å². The number of halogens is 8. The molecule has 0 atom stereocenters. The molecule has 4 aromatic carbocycles. The minimum atomic E-state index is -2.69. The number of hydrogen-bond acceptors (Lipinski definition) is 4. The number of alkyl halides is 2. The van der Waals surface area contributed by atoms with Crippen LogP contribution in [0, 0.1) is 34.9 Å². The van der Waals surface area contributed by atoms with E-state index in [9.17, 15) is 40.2 Å². The van der Waals surface area contributed by atoms with Crippen molar-refractivity contribution in [2.24, 2.45) is 0 Å². The molecule has 0 heterocycles. The lowest BCUT2D eigenvalue weighted by Crippen LogP contribution is -2.15. The van der Waals surface area contributed by atoms with Crippen LogP contribution in [0.1, 0.15) is 96.8 Å². The Kier molecular flexibility index (Phi) is 17.0. The summed E-state index contributed by atoms with van der Waals surface area (Å²) < 4.78 is 131. The van der Waals surface area contributed by atoms with Crippen LogP contribution in [0.15, 0.2) is 60.7 Å². The molecule has 55 heavy (non-hydrogen) atoms. The minimum Gasteiger partial charge on any atom is -0.505 e. The smallest absolute Gasteiger partial charge is 0.248 e. The van der Waals surface area contributed by atoms with Gasteiger partial charge in [-0.15, -0.1) is 0 Å². The van der Waals surface area contributed by atoms with Crippen molar-refractivity contribution in [3.8, 4) is 45.3 Å². The maximum atomic E-state index is 14.7. The first-order valence-corrected chi connectivity index (χ1v) is 18.9. The van der Waals surface area contributed by atoms with Crippen molar-refractivity contribution in [1.29, 1.82) is 0 Å². The highest BCUT2D eigenvalue weighted by Gasteiger charge is 2.27. The number of benzene rings is 4. The number of rotatable bonds is 24. The quantitative estimate of drug-likeness (QED) is 0.0568. The third kappa shape index (κ3) is 13.1. The number of ether oxygens (including phenoxy) is 3. The molecule has 0 radical (unpaired) electrons. The molecule has 1 N–H and O–H groups in total. The van der Waals surface area contributed by atoms with E-state index in [0.717, 1.165) is 62.8 Å². The Bertz CT molecular complexity index is 1820. The average molecular weight is 781 g/mol. The molecule has 0 amide bonds. The summed E-state index contributed by atoms with van der Waals surface area (Å²) in [7, 11) is 0. The lowest BCUT2D eigenvalue weighted by molar-refractivity contribution is -0.0206. The molecule has 0 aliphatic carbocycles. The highest BCUT2D eigenvalue weighted by molar-refractivity contribution is 5.67. The molecule has 0 aromatic heterocycles. The van der Waals surface area contributed by atoms with Crippen LogP contribution in [0.2, 0.25) is 0 Å². The third-order valence-electron chi connectivity index (χ3n) is 9.28. The highest BCUT2D eigenvalue weighted by Crippen LogP contribution is 2.34. The second kappa shape index (κ2) is 21.6. The molecule has 0 unspecified atom stereocenters. The summed E-state index contributed by atoms with van der Waals surface area (Å²) in [5, 5.41) is 9.27. The number of phenolic OH excluding ortho intramolecular Hbond substituents is 1. The van der Waals surface area contributed by atoms with E-state index in [4.69, 9.17) is 14.2 Å². The van der Waals surface area contributed by atoms with Crippen molar-refractivity contribution < 1.29 is 54.4 Å². The summed E-state index contributed by atoms with van der Waals surface area (Å²) >= 11 is 0. The Labute approximate surface area is 317 Å². The third-order valence-corrected chi connectivity index (χ3v) is 9.28. The summed E-state index contributed by atoms with van der Waals surface area (Å²) in [6.45, 7) is 2.47. The van der Waals surface area contributed by atoms with Crippen molar-refractivity contribution in [1.82, 2.24) is 0 Å². The highest BCUT2D eigenvalue weighted by atomic mass is 19.3. The van der Waals surface area contributed by atoms with Gasteiger partial charge in [0, 0.05) is 47.2 Å². The first-order valence-electron chi connectivity index (χ1n) is 18.9. The average Bonchev–Trinajstić information content (AvgIpc) is 3.15. The number of aromatic hydroxyl groups is 1. The lowest BCUT2D eigenvalue weighted by atomic mass is 10.0. The summed E-state index contributed by atoms with van der Waals surface area (Å²) in [5.74, 6) is -9.95. The normalized spacial score (nSPS) is 11.6. The van der Waals surface area contributed by atoms with Gasteiger partial charge in [0.2, 0.25) is 17.6 Å². The van der Waals surface area contributed by atoms with Crippen molar-refractivity contribution in [3.05, 3.63) is 95.6 Å². The number of unbranched alkanes of at least 4 members (excludes halogenated alkanes) is 10. The SMILES string of the molecule is CCOc1ccc(-c2ccc(OCCCCCCCCC(F)(F)CCCCCCCCOc3ccc(-c4ccc(O)c(F)c4F)c(F)c3)cc2F)c(F)c1F. The van der Waals surface area contributed by atoms with Gasteiger partial charge in [-0.25, -0.2) is 26.3 Å². The summed E-state index contributed by atoms with van der Waals surface area (Å²) in [6.07, 6.45) is 8.47. The van der Waals surface area contributed by atoms with Gasteiger partial charge in [-0.3, -0.25) is 0 Å². The van der Waals surface area contributed by atoms with Crippen LogP contribution in [0.5, 0.6) is 23.0 Å². The maximum absolute atomic E-state index is 14.7. The summed E-state index contributed by atoms with van der Waals surface area (Å²) in [6, 6.07) is 12.4. The van der Waals surface area contributed by atoms with E-state index in [1.54, 1.807) is 6.92 Å². The van der Waals surface area contributed by atoms with Gasteiger partial charge in [0.05, 0.1) is 19.8 Å². The fourth-order valence-corrected chi connectivity index (χ4v) is 6.25. The van der Waals surface area contributed by atoms with Gasteiger partial charge in [-0.2, -0.15) is 8.78 Å². The van der Waals surface area contributed by atoms with Gasteiger partial charge < -0.3 is 19.3 Å². The fraction of sp³-hybridized carbons (Fsp3) is 0.442. The van der Waals surface area contributed by atoms with Crippen LogP contribution in [0.25, 0.3) is 22.3 Å². The van der Waals surface area contributed by atoms with Crippen LogP contribution < -0.4 is 14.2 Å². The van der Waals surface area contributed by atoms with Gasteiger partial charge >= 0.3 is 0 Å². The molecule has 4 rings (SSSR count). The fourth-order valence-electron chi connectivity index (χ4n) is 6.25. The molecular formula is C43H48F8O4. The Balaban J connectivity index is 0.987. The second-order valence-electron chi connectivity index (χ2n) is 13.5. The zero-order chi connectivity index (χ0) is 39.8. The van der Waals surface area contributed by atoms with Crippen molar-refractivity contribution in [2.75, 3.05) is 19.8 Å². The predicted octanol–water partition coefficient (Wildman–Crippen LogP) is 13.5. The van der Waals surface area contributed by atoms with Crippen LogP contribution in [0.4, 0.5) is 35.1 Å². The molecule has 0 saturated heterocycles. The monoisotopic (exact) mass is 780 g/mol. The molecule has 4 aromatic rings. The van der Waals surface area contributed by atoms with E-state index in [0.29, 0.717) is 51.7 Å². The lowest BCUT2D eigenvalue weighted by Gasteiger charge is -2.16. The zero-order valence-electron chi connectivity index (χ0n) is 31.0. The Morgan fingerprint density at radius 2 is 0.891 bits per heavy atom. The van der Waals surface area contributed by atoms with Crippen LogP contribution >= 0.6 is 0 Å². The molecule has 0 spiro atoms. The number of phenols is 1. The Morgan fingerprint density at radius 3 is 1.36 bits per heavy atom. The molecule has 0 saturated carbocycles. The van der Waals surface area contributed by atoms with Gasteiger partial charge in [-0.05, 0) is 81.1 Å². The molecular weight excluding hydrogens is 732 g/mol. The maximum Gasteiger partial charge on any atom is 0.248 e. The predicted molar refractivity (Wildman–Crippen MR) is 197 cm³/mol. The first kappa shape index (κ1) is 43.3. The molecule has 300 valence electrons. The van der Waals surface area contributed by atoms with Crippen LogP contribution in [-0.4, -0.2) is 30.8 Å². The summed E-state index contributed by atoms with van der Waals surface area (Å²) in [4.78, 5) is 0. The van der Waals surface area contributed by atoms with E-state index >= 15 is 0 Å². The Hall–Kier alpha value is -4.48. The van der Waals surface area contributed by atoms with E-state index in [1.165, 1.54) is 36.4 Å². The molecule has 0 fully saturated rings. The molecule has 0 aliphatic rings. The van der Waals surface area contributed by atoms with Gasteiger partial charge in [0.25, 0.3) is 0 Å². The first-order chi connectivity index (χ1) is 26.4. The van der Waals surface area contributed by atoms with E-state index in [1.807, 2.05) is 0 Å². The second-order valence-corrected chi connectivity index (χ2v) is 13.5. The van der Waals surface area contributed by atoms with Crippen molar-refractivity contribution in [3.63, 3.8) is 0 Å². The van der Waals surface area contributed by atoms with Crippen LogP contribution in [0.3, 0.4) is 0 Å². The largest absolute Gasteiger partial charge is 0.505 e. The Morgan fingerprint density at radius 1 is 0.473 bits per heavy atom. The van der Waals surface area contributed by atoms with Gasteiger partial charge in [0.1, 0.15) is 23.1 Å². The summed E-state index contributed by atoms with van der Waals surface area (Å²) in [5.41, 5.74) is -0.774. The molecule has 12 heteroatoms. The van der Waals surface area contributed by atoms with Gasteiger partial charge in [0.15, 0.2) is 23.1 Å². The standard InChI is InChI=1S/C43H48F8O4/c1-2-53-38-22-20-34(40(47)42(38)49)32-18-16-30(28-36(32)45)55-26-14-10-6-4-8-12-24-43(50,51)23-11-7-3-5-9-13-25-54-29-15-17-31(35(44)27-29)33-19-21-37(52)41(48)39(33)46/h15-22,27-28,52H,2-14,23-26H2,1H3. The molecule has 0 aliphatic heterocycles. The number of hydrogen-bond donors (Lipinski definition) is 1. The van der Waals surface area contributed by atoms with Crippen LogP contribution in [-0.2, 0) is 0 Å².